The number of aryl methyl sites for hydroxylation is 1. The van der Waals surface area contributed by atoms with E-state index in [9.17, 15) is 13.2 Å². The van der Waals surface area contributed by atoms with Gasteiger partial charge in [0.25, 0.3) is 0 Å². The quantitative estimate of drug-likeness (QED) is 0.294. The van der Waals surface area contributed by atoms with E-state index in [-0.39, 0.29) is 23.9 Å². The van der Waals surface area contributed by atoms with Gasteiger partial charge in [0.15, 0.2) is 0 Å². The minimum absolute atomic E-state index is 0.104. The predicted octanol–water partition coefficient (Wildman–Crippen LogP) is 5.41. The van der Waals surface area contributed by atoms with Gasteiger partial charge in [-0.1, -0.05) is 109 Å². The van der Waals surface area contributed by atoms with Gasteiger partial charge in [0.05, 0.1) is 11.4 Å². The Kier molecular flexibility index (Phi) is 8.31. The molecule has 0 saturated heterocycles. The van der Waals surface area contributed by atoms with E-state index in [2.05, 4.69) is 0 Å². The first-order valence-corrected chi connectivity index (χ1v) is 13.3. The molecular weight excluding hydrogens is 468 g/mol. The second-order valence-electron chi connectivity index (χ2n) is 8.79. The zero-order chi connectivity index (χ0) is 25.4. The Bertz CT molecular complexity index is 1320. The molecule has 0 aliphatic rings. The summed E-state index contributed by atoms with van der Waals surface area (Å²) in [5.74, 6) is -0.255. The van der Waals surface area contributed by atoms with Gasteiger partial charge in [0, 0.05) is 19.6 Å². The van der Waals surface area contributed by atoms with Gasteiger partial charge >= 0.3 is 0 Å². The monoisotopic (exact) mass is 498 g/mol. The Labute approximate surface area is 213 Å². The molecule has 0 heterocycles. The maximum atomic E-state index is 13.7. The number of carbonyl (C=O) groups excluding carboxylic acids is 1. The lowest BCUT2D eigenvalue weighted by molar-refractivity contribution is -0.132. The maximum Gasteiger partial charge on any atom is 0.243 e. The second-order valence-corrected chi connectivity index (χ2v) is 10.7. The lowest BCUT2D eigenvalue weighted by Gasteiger charge is -2.28. The molecule has 0 aliphatic heterocycles. The number of amides is 1. The van der Waals surface area contributed by atoms with Crippen LogP contribution in [0.1, 0.15) is 22.3 Å². The van der Waals surface area contributed by atoms with Crippen LogP contribution in [0.5, 0.6) is 0 Å². The number of rotatable bonds is 10. The van der Waals surface area contributed by atoms with E-state index < -0.39 is 10.0 Å². The molecular formula is C30H30N2O3S. The molecule has 0 fully saturated rings. The van der Waals surface area contributed by atoms with Gasteiger partial charge in [-0.3, -0.25) is 4.79 Å². The first-order chi connectivity index (χ1) is 17.4. The van der Waals surface area contributed by atoms with Crippen molar-refractivity contribution in [2.45, 2.75) is 31.5 Å². The van der Waals surface area contributed by atoms with Gasteiger partial charge in [-0.15, -0.1) is 0 Å². The molecule has 0 saturated carbocycles. The number of hydrogen-bond acceptors (Lipinski definition) is 3. The molecule has 0 radical (unpaired) electrons. The first kappa shape index (κ1) is 25.4. The fourth-order valence-corrected chi connectivity index (χ4v) is 5.34. The normalized spacial score (nSPS) is 11.4. The Morgan fingerprint density at radius 2 is 1.03 bits per heavy atom. The van der Waals surface area contributed by atoms with E-state index in [0.717, 1.165) is 22.3 Å². The Morgan fingerprint density at radius 3 is 1.47 bits per heavy atom. The fourth-order valence-electron chi connectivity index (χ4n) is 3.96. The SMILES string of the molecule is Cc1ccc(S(=O)(=O)N(CC(=O)N(Cc2ccccc2)Cc2ccccc2)Cc2ccccc2)cc1. The van der Waals surface area contributed by atoms with Gasteiger partial charge in [0.1, 0.15) is 0 Å². The number of benzene rings is 4. The average molecular weight is 499 g/mol. The van der Waals surface area contributed by atoms with Crippen molar-refractivity contribution in [2.24, 2.45) is 0 Å². The molecule has 0 bridgehead atoms. The van der Waals surface area contributed by atoms with Crippen molar-refractivity contribution < 1.29 is 13.2 Å². The third kappa shape index (κ3) is 6.68. The van der Waals surface area contributed by atoms with Crippen molar-refractivity contribution in [1.82, 2.24) is 9.21 Å². The fraction of sp³-hybridized carbons (Fsp3) is 0.167. The molecule has 1 amide bonds. The van der Waals surface area contributed by atoms with E-state index in [4.69, 9.17) is 0 Å². The zero-order valence-electron chi connectivity index (χ0n) is 20.3. The number of carbonyl (C=O) groups is 1. The van der Waals surface area contributed by atoms with E-state index >= 15 is 0 Å². The first-order valence-electron chi connectivity index (χ1n) is 11.9. The summed E-state index contributed by atoms with van der Waals surface area (Å²) in [7, 11) is -3.90. The lowest BCUT2D eigenvalue weighted by Crippen LogP contribution is -2.42. The highest BCUT2D eigenvalue weighted by Gasteiger charge is 2.29. The van der Waals surface area contributed by atoms with Crippen LogP contribution in [0.15, 0.2) is 120 Å². The van der Waals surface area contributed by atoms with Crippen LogP contribution in [0.2, 0.25) is 0 Å². The highest BCUT2D eigenvalue weighted by molar-refractivity contribution is 7.89. The van der Waals surface area contributed by atoms with Crippen LogP contribution in [0.3, 0.4) is 0 Å². The van der Waals surface area contributed by atoms with Gasteiger partial charge in [-0.05, 0) is 35.7 Å². The second kappa shape index (κ2) is 11.8. The number of nitrogens with zero attached hydrogens (tertiary/aromatic N) is 2. The minimum Gasteiger partial charge on any atom is -0.333 e. The Balaban J connectivity index is 1.64. The molecule has 0 spiro atoms. The van der Waals surface area contributed by atoms with Crippen LogP contribution >= 0.6 is 0 Å². The maximum absolute atomic E-state index is 13.7. The largest absolute Gasteiger partial charge is 0.333 e. The molecule has 36 heavy (non-hydrogen) atoms. The minimum atomic E-state index is -3.90. The summed E-state index contributed by atoms with van der Waals surface area (Å²) in [6, 6.07) is 35.6. The average Bonchev–Trinajstić information content (AvgIpc) is 2.90. The van der Waals surface area contributed by atoms with E-state index in [0.29, 0.717) is 13.1 Å². The van der Waals surface area contributed by atoms with E-state index in [1.54, 1.807) is 29.2 Å². The van der Waals surface area contributed by atoms with Crippen molar-refractivity contribution in [2.75, 3.05) is 6.54 Å². The van der Waals surface area contributed by atoms with Crippen molar-refractivity contribution in [3.05, 3.63) is 138 Å². The Morgan fingerprint density at radius 1 is 0.611 bits per heavy atom. The summed E-state index contributed by atoms with van der Waals surface area (Å²) < 4.78 is 28.6. The van der Waals surface area contributed by atoms with Gasteiger partial charge in [-0.2, -0.15) is 4.31 Å². The highest BCUT2D eigenvalue weighted by atomic mass is 32.2. The molecule has 184 valence electrons. The smallest absolute Gasteiger partial charge is 0.243 e. The van der Waals surface area contributed by atoms with Crippen LogP contribution < -0.4 is 0 Å². The van der Waals surface area contributed by atoms with E-state index in [1.165, 1.54) is 4.31 Å². The van der Waals surface area contributed by atoms with Crippen molar-refractivity contribution in [1.29, 1.82) is 0 Å². The predicted molar refractivity (Wildman–Crippen MR) is 142 cm³/mol. The van der Waals surface area contributed by atoms with Crippen LogP contribution in [0, 0.1) is 6.92 Å². The molecule has 4 aromatic carbocycles. The molecule has 0 N–H and O–H groups in total. The van der Waals surface area contributed by atoms with Gasteiger partial charge in [0.2, 0.25) is 15.9 Å². The molecule has 4 aromatic rings. The topological polar surface area (TPSA) is 57.7 Å². The van der Waals surface area contributed by atoms with Crippen molar-refractivity contribution in [3.63, 3.8) is 0 Å². The standard InChI is InChI=1S/C30H30N2O3S/c1-25-17-19-29(20-18-25)36(34,35)32(23-28-15-9-4-10-16-28)24-30(33)31(21-26-11-5-2-6-12-26)22-27-13-7-3-8-14-27/h2-20H,21-24H2,1H3. The van der Waals surface area contributed by atoms with E-state index in [1.807, 2.05) is 97.9 Å². The molecule has 4 rings (SSSR count). The third-order valence-electron chi connectivity index (χ3n) is 5.96. The highest BCUT2D eigenvalue weighted by Crippen LogP contribution is 2.20. The van der Waals surface area contributed by atoms with Gasteiger partial charge < -0.3 is 4.90 Å². The molecule has 0 aromatic heterocycles. The lowest BCUT2D eigenvalue weighted by atomic mass is 10.1. The van der Waals surface area contributed by atoms with Crippen molar-refractivity contribution in [3.8, 4) is 0 Å². The summed E-state index contributed by atoms with van der Waals surface area (Å²) in [5.41, 5.74) is 3.76. The van der Waals surface area contributed by atoms with Gasteiger partial charge in [-0.25, -0.2) is 8.42 Å². The summed E-state index contributed by atoms with van der Waals surface area (Å²) in [6.45, 7) is 2.53. The van der Waals surface area contributed by atoms with Crippen LogP contribution in [-0.2, 0) is 34.5 Å². The summed E-state index contributed by atoms with van der Waals surface area (Å²) in [4.78, 5) is 15.6. The zero-order valence-corrected chi connectivity index (χ0v) is 21.1. The molecule has 0 unspecified atom stereocenters. The molecule has 0 atom stereocenters. The summed E-state index contributed by atoms with van der Waals surface area (Å²) in [6.07, 6.45) is 0. The van der Waals surface area contributed by atoms with Crippen molar-refractivity contribution >= 4 is 15.9 Å². The van der Waals surface area contributed by atoms with Crippen LogP contribution in [-0.4, -0.2) is 30.1 Å². The molecule has 0 aliphatic carbocycles. The summed E-state index contributed by atoms with van der Waals surface area (Å²) in [5, 5.41) is 0. The molecule has 5 nitrogen and oxygen atoms in total. The van der Waals surface area contributed by atoms with Crippen LogP contribution in [0.4, 0.5) is 0 Å². The van der Waals surface area contributed by atoms with Crippen LogP contribution in [0.25, 0.3) is 0 Å². The Hall–Kier alpha value is -3.74. The third-order valence-corrected chi connectivity index (χ3v) is 7.76. The number of sulfonamides is 1. The summed E-state index contributed by atoms with van der Waals surface area (Å²) >= 11 is 0. The molecule has 6 heteroatoms. The number of hydrogen-bond donors (Lipinski definition) is 0.